The summed E-state index contributed by atoms with van der Waals surface area (Å²) >= 11 is 0. The maximum absolute atomic E-state index is 5.44. The summed E-state index contributed by atoms with van der Waals surface area (Å²) in [6.07, 6.45) is 2.91. The van der Waals surface area contributed by atoms with Crippen LogP contribution >= 0.6 is 12.4 Å². The van der Waals surface area contributed by atoms with Gasteiger partial charge in [-0.3, -0.25) is 0 Å². The third kappa shape index (κ3) is 5.44. The van der Waals surface area contributed by atoms with Gasteiger partial charge in [-0.2, -0.15) is 0 Å². The minimum absolute atomic E-state index is 0. The van der Waals surface area contributed by atoms with E-state index in [1.54, 1.807) is 0 Å². The molecule has 1 heterocycles. The summed E-state index contributed by atoms with van der Waals surface area (Å²) < 4.78 is 5.44. The number of piperidine rings is 1. The summed E-state index contributed by atoms with van der Waals surface area (Å²) in [6, 6.07) is 0. The van der Waals surface area contributed by atoms with Gasteiger partial charge in [-0.25, -0.2) is 0 Å². The number of ether oxygens (including phenoxy) is 1. The molecule has 0 aromatic heterocycles. The van der Waals surface area contributed by atoms with Crippen molar-refractivity contribution in [2.24, 2.45) is 0 Å². The van der Waals surface area contributed by atoms with E-state index >= 15 is 0 Å². The van der Waals surface area contributed by atoms with Gasteiger partial charge in [-0.05, 0) is 32.9 Å². The first kappa shape index (κ1) is 13.7. The van der Waals surface area contributed by atoms with E-state index in [2.05, 4.69) is 12.2 Å². The lowest BCUT2D eigenvalue weighted by Crippen LogP contribution is -2.32. The summed E-state index contributed by atoms with van der Waals surface area (Å²) in [4.78, 5) is 0. The van der Waals surface area contributed by atoms with E-state index in [-0.39, 0.29) is 17.9 Å². The topological polar surface area (TPSA) is 52.8 Å². The van der Waals surface area contributed by atoms with Crippen molar-refractivity contribution in [3.05, 3.63) is 0 Å². The molecule has 3 nitrogen and oxygen atoms in total. The maximum atomic E-state index is 5.44. The molecule has 0 spiro atoms. The predicted molar refractivity (Wildman–Crippen MR) is 48.4 cm³/mol. The van der Waals surface area contributed by atoms with E-state index in [9.17, 15) is 0 Å². The molecule has 1 saturated heterocycles. The highest BCUT2D eigenvalue weighted by Crippen LogP contribution is 2.05. The molecule has 4 heteroatoms. The Morgan fingerprint density at radius 2 is 1.91 bits per heavy atom. The molecule has 11 heavy (non-hydrogen) atoms. The Labute approximate surface area is 74.2 Å². The van der Waals surface area contributed by atoms with Gasteiger partial charge in [0.2, 0.25) is 0 Å². The van der Waals surface area contributed by atoms with Crippen LogP contribution in [0.15, 0.2) is 0 Å². The zero-order valence-electron chi connectivity index (χ0n) is 6.93. The fourth-order valence-corrected chi connectivity index (χ4v) is 1.20. The van der Waals surface area contributed by atoms with Crippen molar-refractivity contribution in [3.8, 4) is 0 Å². The first-order valence-electron chi connectivity index (χ1n) is 3.76. The highest BCUT2D eigenvalue weighted by Gasteiger charge is 2.11. The molecular formula is C7H18ClNO2. The summed E-state index contributed by atoms with van der Waals surface area (Å²) in [5.74, 6) is 0. The normalized spacial score (nSPS) is 18.3. The van der Waals surface area contributed by atoms with Crippen LogP contribution in [0.3, 0.4) is 0 Å². The second-order valence-electron chi connectivity index (χ2n) is 2.40. The monoisotopic (exact) mass is 183 g/mol. The van der Waals surface area contributed by atoms with Crippen molar-refractivity contribution < 1.29 is 10.2 Å². The number of hydrogen-bond acceptors (Lipinski definition) is 2. The van der Waals surface area contributed by atoms with Gasteiger partial charge in [-0.1, -0.05) is 0 Å². The lowest BCUT2D eigenvalue weighted by Gasteiger charge is -2.21. The number of halogens is 1. The van der Waals surface area contributed by atoms with Gasteiger partial charge in [0.1, 0.15) is 0 Å². The highest BCUT2D eigenvalue weighted by atomic mass is 35.5. The molecule has 0 amide bonds. The van der Waals surface area contributed by atoms with Gasteiger partial charge >= 0.3 is 0 Å². The molecule has 1 fully saturated rings. The Kier molecular flexibility index (Phi) is 10.3. The van der Waals surface area contributed by atoms with E-state index < -0.39 is 0 Å². The van der Waals surface area contributed by atoms with Crippen molar-refractivity contribution in [2.45, 2.75) is 25.9 Å². The van der Waals surface area contributed by atoms with Crippen LogP contribution in [0.25, 0.3) is 0 Å². The van der Waals surface area contributed by atoms with E-state index in [0.29, 0.717) is 6.10 Å². The fourth-order valence-electron chi connectivity index (χ4n) is 1.20. The molecule has 0 unspecified atom stereocenters. The largest absolute Gasteiger partial charge is 0.412 e. The average Bonchev–Trinajstić information content (AvgIpc) is 1.91. The molecule has 1 aliphatic rings. The second kappa shape index (κ2) is 8.27. The van der Waals surface area contributed by atoms with Crippen molar-refractivity contribution in [1.29, 1.82) is 0 Å². The van der Waals surface area contributed by atoms with Crippen LogP contribution in [0, 0.1) is 0 Å². The van der Waals surface area contributed by atoms with E-state index in [1.165, 1.54) is 12.8 Å². The van der Waals surface area contributed by atoms with Crippen molar-refractivity contribution in [1.82, 2.24) is 5.32 Å². The molecule has 0 bridgehead atoms. The average molecular weight is 184 g/mol. The second-order valence-corrected chi connectivity index (χ2v) is 2.40. The smallest absolute Gasteiger partial charge is 0.0599 e. The van der Waals surface area contributed by atoms with Crippen LogP contribution in [-0.2, 0) is 4.74 Å². The molecule has 0 radical (unpaired) electrons. The molecule has 70 valence electrons. The summed E-state index contributed by atoms with van der Waals surface area (Å²) in [6.45, 7) is 5.18. The Morgan fingerprint density at radius 1 is 1.36 bits per heavy atom. The Hall–Kier alpha value is 0.170. The summed E-state index contributed by atoms with van der Waals surface area (Å²) in [7, 11) is 0. The lowest BCUT2D eigenvalue weighted by atomic mass is 10.1. The first-order chi connectivity index (χ1) is 4.43. The number of rotatable bonds is 2. The predicted octanol–water partition coefficient (Wildman–Crippen LogP) is 0.372. The molecular weight excluding hydrogens is 166 g/mol. The van der Waals surface area contributed by atoms with Crippen molar-refractivity contribution in [3.63, 3.8) is 0 Å². The van der Waals surface area contributed by atoms with E-state index in [4.69, 9.17) is 4.74 Å². The zero-order valence-corrected chi connectivity index (χ0v) is 7.75. The van der Waals surface area contributed by atoms with Gasteiger partial charge in [0.15, 0.2) is 0 Å². The quantitative estimate of drug-likeness (QED) is 0.673. The van der Waals surface area contributed by atoms with Gasteiger partial charge in [0.25, 0.3) is 0 Å². The van der Waals surface area contributed by atoms with E-state index in [1.807, 2.05) is 0 Å². The minimum atomic E-state index is 0. The SMILES string of the molecule is CCOC1CCNCC1.Cl.O. The Balaban J connectivity index is 0. The number of nitrogens with one attached hydrogen (secondary N) is 1. The maximum Gasteiger partial charge on any atom is 0.0599 e. The van der Waals surface area contributed by atoms with Gasteiger partial charge in [-0.15, -0.1) is 12.4 Å². The summed E-state index contributed by atoms with van der Waals surface area (Å²) in [5, 5.41) is 3.29. The Morgan fingerprint density at radius 3 is 2.36 bits per heavy atom. The van der Waals surface area contributed by atoms with Gasteiger partial charge < -0.3 is 15.5 Å². The third-order valence-electron chi connectivity index (χ3n) is 1.69. The lowest BCUT2D eigenvalue weighted by molar-refractivity contribution is 0.0416. The van der Waals surface area contributed by atoms with Crippen molar-refractivity contribution in [2.75, 3.05) is 19.7 Å². The van der Waals surface area contributed by atoms with Crippen LogP contribution in [0.2, 0.25) is 0 Å². The molecule has 0 saturated carbocycles. The van der Waals surface area contributed by atoms with Crippen LogP contribution < -0.4 is 5.32 Å². The van der Waals surface area contributed by atoms with Crippen LogP contribution in [0.4, 0.5) is 0 Å². The van der Waals surface area contributed by atoms with Crippen LogP contribution in [0.1, 0.15) is 19.8 Å². The fraction of sp³-hybridized carbons (Fsp3) is 1.00. The highest BCUT2D eigenvalue weighted by molar-refractivity contribution is 5.85. The molecule has 0 aromatic carbocycles. The molecule has 3 N–H and O–H groups in total. The number of hydrogen-bond donors (Lipinski definition) is 1. The molecule has 0 aromatic rings. The van der Waals surface area contributed by atoms with Crippen LogP contribution in [0.5, 0.6) is 0 Å². The Bertz CT molecular complexity index is 74.1. The van der Waals surface area contributed by atoms with Crippen LogP contribution in [-0.4, -0.2) is 31.3 Å². The van der Waals surface area contributed by atoms with Gasteiger partial charge in [0, 0.05) is 6.61 Å². The minimum Gasteiger partial charge on any atom is -0.412 e. The third-order valence-corrected chi connectivity index (χ3v) is 1.69. The molecule has 0 aliphatic carbocycles. The first-order valence-corrected chi connectivity index (χ1v) is 3.76. The standard InChI is InChI=1S/C7H15NO.ClH.H2O/c1-2-9-7-3-5-8-6-4-7;;/h7-8H,2-6H2,1H3;1H;1H2. The molecule has 1 rings (SSSR count). The van der Waals surface area contributed by atoms with E-state index in [0.717, 1.165) is 19.7 Å². The zero-order chi connectivity index (χ0) is 6.53. The van der Waals surface area contributed by atoms with Crippen molar-refractivity contribution >= 4 is 12.4 Å². The molecule has 0 atom stereocenters. The molecule has 1 aliphatic heterocycles. The van der Waals surface area contributed by atoms with Gasteiger partial charge in [0.05, 0.1) is 6.10 Å². The summed E-state index contributed by atoms with van der Waals surface area (Å²) in [5.41, 5.74) is 0.